The Kier molecular flexibility index (Phi) is 3.84. The minimum Gasteiger partial charge on any atom is -0.479 e. The fourth-order valence-corrected chi connectivity index (χ4v) is 2.96. The second kappa shape index (κ2) is 5.72. The Morgan fingerprint density at radius 1 is 1.04 bits per heavy atom. The number of hydrogen-bond acceptors (Lipinski definition) is 5. The average Bonchev–Trinajstić information content (AvgIpc) is 2.81. The SMILES string of the molecule is O=C(CN1C(=O)c2ccccc2C1=O)N1CCC(O)(C(=O)O)CC1. The molecule has 0 unspecified atom stereocenters. The maximum absolute atomic E-state index is 12.3. The highest BCUT2D eigenvalue weighted by molar-refractivity contribution is 6.22. The number of amides is 3. The molecule has 1 aromatic carbocycles. The summed E-state index contributed by atoms with van der Waals surface area (Å²) in [7, 11) is 0. The molecule has 2 heterocycles. The molecule has 0 aromatic heterocycles. The van der Waals surface area contributed by atoms with Crippen LogP contribution in [0.25, 0.3) is 0 Å². The highest BCUT2D eigenvalue weighted by Gasteiger charge is 2.42. The molecule has 0 spiro atoms. The molecule has 1 fully saturated rings. The second-order valence-electron chi connectivity index (χ2n) is 5.96. The number of rotatable bonds is 3. The van der Waals surface area contributed by atoms with E-state index in [-0.39, 0.29) is 37.1 Å². The lowest BCUT2D eigenvalue weighted by Gasteiger charge is -2.35. The van der Waals surface area contributed by atoms with Crippen LogP contribution >= 0.6 is 0 Å². The first kappa shape index (κ1) is 16.1. The van der Waals surface area contributed by atoms with Gasteiger partial charge in [0, 0.05) is 25.9 Å². The van der Waals surface area contributed by atoms with E-state index >= 15 is 0 Å². The van der Waals surface area contributed by atoms with E-state index in [2.05, 4.69) is 0 Å². The summed E-state index contributed by atoms with van der Waals surface area (Å²) >= 11 is 0. The van der Waals surface area contributed by atoms with E-state index < -0.39 is 35.8 Å². The van der Waals surface area contributed by atoms with Crippen LogP contribution < -0.4 is 0 Å². The number of aliphatic hydroxyl groups is 1. The summed E-state index contributed by atoms with van der Waals surface area (Å²) in [5, 5.41) is 18.8. The fraction of sp³-hybridized carbons (Fsp3) is 0.375. The number of imide groups is 1. The van der Waals surface area contributed by atoms with E-state index in [9.17, 15) is 24.3 Å². The van der Waals surface area contributed by atoms with Crippen molar-refractivity contribution in [3.05, 3.63) is 35.4 Å². The van der Waals surface area contributed by atoms with Gasteiger partial charge in [-0.1, -0.05) is 12.1 Å². The van der Waals surface area contributed by atoms with Crippen molar-refractivity contribution >= 4 is 23.7 Å². The molecule has 8 heteroatoms. The molecule has 126 valence electrons. The summed E-state index contributed by atoms with van der Waals surface area (Å²) in [6.07, 6.45) is -0.174. The number of carboxylic acids is 1. The molecule has 8 nitrogen and oxygen atoms in total. The average molecular weight is 332 g/mol. The molecule has 2 aliphatic heterocycles. The first-order valence-corrected chi connectivity index (χ1v) is 7.52. The Balaban J connectivity index is 1.66. The van der Waals surface area contributed by atoms with Crippen LogP contribution in [0.4, 0.5) is 0 Å². The smallest absolute Gasteiger partial charge is 0.335 e. The lowest BCUT2D eigenvalue weighted by atomic mass is 9.91. The summed E-state index contributed by atoms with van der Waals surface area (Å²) in [6, 6.07) is 6.36. The summed E-state index contributed by atoms with van der Waals surface area (Å²) in [6.45, 7) is -0.270. The van der Waals surface area contributed by atoms with Gasteiger partial charge in [-0.2, -0.15) is 0 Å². The predicted octanol–water partition coefficient (Wildman–Crippen LogP) is -0.279. The standard InChI is InChI=1S/C16H16N2O6/c19-12(17-7-5-16(24,6-8-17)15(22)23)9-18-13(20)10-3-1-2-4-11(10)14(18)21/h1-4,24H,5-9H2,(H,22,23). The molecular formula is C16H16N2O6. The van der Waals surface area contributed by atoms with Crippen LogP contribution in [0.2, 0.25) is 0 Å². The van der Waals surface area contributed by atoms with Crippen LogP contribution in [0.15, 0.2) is 24.3 Å². The van der Waals surface area contributed by atoms with Crippen molar-refractivity contribution in [1.29, 1.82) is 0 Å². The Morgan fingerprint density at radius 2 is 1.54 bits per heavy atom. The molecule has 1 aromatic rings. The molecule has 0 saturated carbocycles. The zero-order chi connectivity index (χ0) is 17.5. The summed E-state index contributed by atoms with van der Waals surface area (Å²) in [5.41, 5.74) is -1.28. The van der Waals surface area contributed by atoms with Gasteiger partial charge in [0.15, 0.2) is 5.60 Å². The maximum Gasteiger partial charge on any atom is 0.335 e. The van der Waals surface area contributed by atoms with Crippen molar-refractivity contribution in [2.24, 2.45) is 0 Å². The molecule has 0 atom stereocenters. The monoisotopic (exact) mass is 332 g/mol. The molecule has 0 bridgehead atoms. The Bertz CT molecular complexity index is 701. The van der Waals surface area contributed by atoms with Gasteiger partial charge in [0.1, 0.15) is 6.54 Å². The number of likely N-dealkylation sites (tertiary alicyclic amines) is 1. The molecule has 24 heavy (non-hydrogen) atoms. The number of fused-ring (bicyclic) bond motifs is 1. The highest BCUT2D eigenvalue weighted by Crippen LogP contribution is 2.25. The Morgan fingerprint density at radius 3 is 2.00 bits per heavy atom. The third kappa shape index (κ3) is 2.54. The maximum atomic E-state index is 12.3. The topological polar surface area (TPSA) is 115 Å². The molecule has 2 N–H and O–H groups in total. The number of carbonyl (C=O) groups is 4. The van der Waals surface area contributed by atoms with Gasteiger partial charge < -0.3 is 15.1 Å². The van der Waals surface area contributed by atoms with Crippen LogP contribution in [0.5, 0.6) is 0 Å². The van der Waals surface area contributed by atoms with Crippen LogP contribution in [0, 0.1) is 0 Å². The number of hydrogen-bond donors (Lipinski definition) is 2. The molecule has 3 amide bonds. The number of carboxylic acid groups (broad SMARTS) is 1. The van der Waals surface area contributed by atoms with Crippen LogP contribution in [-0.2, 0) is 9.59 Å². The van der Waals surface area contributed by atoms with Crippen molar-refractivity contribution in [3.63, 3.8) is 0 Å². The minimum atomic E-state index is -1.83. The molecule has 0 radical (unpaired) electrons. The van der Waals surface area contributed by atoms with E-state index in [1.807, 2.05) is 0 Å². The van der Waals surface area contributed by atoms with Crippen molar-refractivity contribution in [2.75, 3.05) is 19.6 Å². The summed E-state index contributed by atoms with van der Waals surface area (Å²) in [4.78, 5) is 50.0. The second-order valence-corrected chi connectivity index (χ2v) is 5.96. The highest BCUT2D eigenvalue weighted by atomic mass is 16.4. The summed E-state index contributed by atoms with van der Waals surface area (Å²) in [5.74, 6) is -2.78. The fourth-order valence-electron chi connectivity index (χ4n) is 2.96. The quantitative estimate of drug-likeness (QED) is 0.736. The zero-order valence-electron chi connectivity index (χ0n) is 12.8. The molecule has 0 aliphatic carbocycles. The number of piperidine rings is 1. The zero-order valence-corrected chi connectivity index (χ0v) is 12.8. The van der Waals surface area contributed by atoms with Crippen molar-refractivity contribution in [3.8, 4) is 0 Å². The van der Waals surface area contributed by atoms with Crippen molar-refractivity contribution < 1.29 is 29.4 Å². The van der Waals surface area contributed by atoms with E-state index in [0.29, 0.717) is 0 Å². The van der Waals surface area contributed by atoms with Crippen LogP contribution in [0.1, 0.15) is 33.6 Å². The minimum absolute atomic E-state index is 0.0603. The Hall–Kier alpha value is -2.74. The van der Waals surface area contributed by atoms with Crippen LogP contribution in [0.3, 0.4) is 0 Å². The molecule has 2 aliphatic rings. The third-order valence-corrected chi connectivity index (χ3v) is 4.51. The lowest BCUT2D eigenvalue weighted by Crippen LogP contribution is -2.52. The van der Waals surface area contributed by atoms with Gasteiger partial charge in [-0.25, -0.2) is 4.79 Å². The first-order valence-electron chi connectivity index (χ1n) is 7.52. The van der Waals surface area contributed by atoms with Gasteiger partial charge in [0.05, 0.1) is 11.1 Å². The van der Waals surface area contributed by atoms with Crippen molar-refractivity contribution in [1.82, 2.24) is 9.80 Å². The lowest BCUT2D eigenvalue weighted by molar-refractivity contribution is -0.165. The van der Waals surface area contributed by atoms with E-state index in [0.717, 1.165) is 4.90 Å². The van der Waals surface area contributed by atoms with Crippen LogP contribution in [-0.4, -0.2) is 68.9 Å². The van der Waals surface area contributed by atoms with E-state index in [1.54, 1.807) is 12.1 Å². The molecule has 3 rings (SSSR count). The Labute approximate surface area is 137 Å². The summed E-state index contributed by atoms with van der Waals surface area (Å²) < 4.78 is 0. The molecule has 1 saturated heterocycles. The predicted molar refractivity (Wildman–Crippen MR) is 80.2 cm³/mol. The first-order chi connectivity index (χ1) is 11.3. The van der Waals surface area contributed by atoms with Gasteiger partial charge in [-0.05, 0) is 12.1 Å². The van der Waals surface area contributed by atoms with E-state index in [4.69, 9.17) is 5.11 Å². The van der Waals surface area contributed by atoms with Crippen molar-refractivity contribution in [2.45, 2.75) is 18.4 Å². The van der Waals surface area contributed by atoms with Gasteiger partial charge >= 0.3 is 5.97 Å². The normalized spacial score (nSPS) is 19.4. The van der Waals surface area contributed by atoms with Gasteiger partial charge in [0.25, 0.3) is 11.8 Å². The number of carbonyl (C=O) groups excluding carboxylic acids is 3. The number of nitrogens with zero attached hydrogens (tertiary/aromatic N) is 2. The third-order valence-electron chi connectivity index (χ3n) is 4.51. The largest absolute Gasteiger partial charge is 0.479 e. The number of aliphatic carboxylic acids is 1. The molecular weight excluding hydrogens is 316 g/mol. The number of benzene rings is 1. The van der Waals surface area contributed by atoms with E-state index in [1.165, 1.54) is 17.0 Å². The van der Waals surface area contributed by atoms with Gasteiger partial charge in [0.2, 0.25) is 5.91 Å². The van der Waals surface area contributed by atoms with Gasteiger partial charge in [-0.15, -0.1) is 0 Å². The van der Waals surface area contributed by atoms with Gasteiger partial charge in [-0.3, -0.25) is 19.3 Å².